The number of rotatable bonds is 2. The lowest BCUT2D eigenvalue weighted by Gasteiger charge is -2.32. The Hall–Kier alpha value is -1.68. The van der Waals surface area contributed by atoms with Gasteiger partial charge in [0.15, 0.2) is 0 Å². The van der Waals surface area contributed by atoms with E-state index in [1.54, 1.807) is 0 Å². The molecule has 1 spiro atoms. The molecule has 1 saturated heterocycles. The Kier molecular flexibility index (Phi) is 3.30. The zero-order valence-corrected chi connectivity index (χ0v) is 12.9. The van der Waals surface area contributed by atoms with Crippen molar-refractivity contribution in [3.63, 3.8) is 0 Å². The summed E-state index contributed by atoms with van der Waals surface area (Å²) in [5.41, 5.74) is 2.37. The lowest BCUT2D eigenvalue weighted by atomic mass is 9.85. The minimum Gasteiger partial charge on any atom is -0.281 e. The molecular weight excluding hydrogens is 276 g/mol. The van der Waals surface area contributed by atoms with Gasteiger partial charge in [-0.2, -0.15) is 0 Å². The van der Waals surface area contributed by atoms with Crippen LogP contribution in [0.15, 0.2) is 24.3 Å². The van der Waals surface area contributed by atoms with E-state index < -0.39 is 0 Å². The molecule has 2 aliphatic heterocycles. The van der Waals surface area contributed by atoms with Crippen molar-refractivity contribution in [3.05, 3.63) is 35.4 Å². The first-order valence-electron chi connectivity index (χ1n) is 8.32. The Morgan fingerprint density at radius 2 is 1.77 bits per heavy atom. The highest BCUT2D eigenvalue weighted by Gasteiger charge is 2.52. The normalized spacial score (nSPS) is 24.3. The summed E-state index contributed by atoms with van der Waals surface area (Å²) in [5.74, 6) is 0.125. The quantitative estimate of drug-likeness (QED) is 0.787. The highest BCUT2D eigenvalue weighted by Crippen LogP contribution is 2.46. The van der Waals surface area contributed by atoms with Crippen molar-refractivity contribution in [2.45, 2.75) is 45.1 Å². The largest absolute Gasteiger partial charge is 0.281 e. The van der Waals surface area contributed by atoms with E-state index in [1.165, 1.54) is 16.0 Å². The molecule has 1 aliphatic carbocycles. The Morgan fingerprint density at radius 1 is 1.05 bits per heavy atom. The second-order valence-corrected chi connectivity index (χ2v) is 7.00. The molecule has 1 aromatic rings. The third-order valence-corrected chi connectivity index (χ3v) is 5.60. The van der Waals surface area contributed by atoms with Crippen LogP contribution in [0.5, 0.6) is 0 Å². The van der Waals surface area contributed by atoms with Crippen LogP contribution in [0.2, 0.25) is 0 Å². The summed E-state index contributed by atoms with van der Waals surface area (Å²) in [6, 6.07) is 8.45. The van der Waals surface area contributed by atoms with Gasteiger partial charge < -0.3 is 0 Å². The fourth-order valence-electron chi connectivity index (χ4n) is 4.32. The summed E-state index contributed by atoms with van der Waals surface area (Å²) in [5, 5.41) is 0. The number of amides is 2. The third-order valence-electron chi connectivity index (χ3n) is 5.60. The molecule has 1 saturated carbocycles. The molecule has 0 unspecified atom stereocenters. The van der Waals surface area contributed by atoms with Gasteiger partial charge in [-0.3, -0.25) is 19.4 Å². The van der Waals surface area contributed by atoms with Gasteiger partial charge in [-0.15, -0.1) is 0 Å². The molecule has 4 heteroatoms. The van der Waals surface area contributed by atoms with Crippen molar-refractivity contribution in [2.24, 2.45) is 5.41 Å². The topological polar surface area (TPSA) is 40.6 Å². The summed E-state index contributed by atoms with van der Waals surface area (Å²) in [4.78, 5) is 28.8. The average molecular weight is 298 g/mol. The number of nitrogens with zero attached hydrogens (tertiary/aromatic N) is 2. The first-order valence-corrected chi connectivity index (χ1v) is 8.32. The lowest BCUT2D eigenvalue weighted by molar-refractivity contribution is -0.144. The number of benzene rings is 1. The number of fused-ring (bicyclic) bond motifs is 1. The number of hydrogen-bond donors (Lipinski definition) is 0. The van der Waals surface area contributed by atoms with Crippen LogP contribution < -0.4 is 0 Å². The monoisotopic (exact) mass is 298 g/mol. The maximum Gasteiger partial charge on any atom is 0.237 e. The van der Waals surface area contributed by atoms with Crippen molar-refractivity contribution >= 4 is 11.8 Å². The zero-order valence-electron chi connectivity index (χ0n) is 12.9. The van der Waals surface area contributed by atoms with E-state index in [0.717, 1.165) is 45.2 Å². The SMILES string of the molecule is O=C1CC2(CCCC2)C(=O)N1CN1CCc2ccccc2C1. The van der Waals surface area contributed by atoms with Crippen molar-refractivity contribution in [1.29, 1.82) is 0 Å². The average Bonchev–Trinajstić information content (AvgIpc) is 3.09. The molecule has 0 aromatic heterocycles. The second kappa shape index (κ2) is 5.20. The number of carbonyl (C=O) groups excluding carboxylic acids is 2. The van der Waals surface area contributed by atoms with E-state index >= 15 is 0 Å². The van der Waals surface area contributed by atoms with E-state index in [9.17, 15) is 9.59 Å². The molecule has 0 atom stereocenters. The molecule has 2 amide bonds. The van der Waals surface area contributed by atoms with Gasteiger partial charge in [-0.25, -0.2) is 0 Å². The molecule has 1 aromatic carbocycles. The fraction of sp³-hybridized carbons (Fsp3) is 0.556. The van der Waals surface area contributed by atoms with Gasteiger partial charge in [0.1, 0.15) is 0 Å². The molecule has 0 N–H and O–H groups in total. The first-order chi connectivity index (χ1) is 10.7. The second-order valence-electron chi connectivity index (χ2n) is 7.00. The number of likely N-dealkylation sites (tertiary alicyclic amines) is 1. The molecular formula is C18H22N2O2. The maximum absolute atomic E-state index is 12.7. The Balaban J connectivity index is 1.48. The van der Waals surface area contributed by atoms with Gasteiger partial charge in [0.25, 0.3) is 0 Å². The minimum absolute atomic E-state index is 0.0331. The van der Waals surface area contributed by atoms with Gasteiger partial charge in [0.05, 0.1) is 12.1 Å². The standard InChI is InChI=1S/C18H22N2O2/c21-16-11-18(8-3-4-9-18)17(22)20(16)13-19-10-7-14-5-1-2-6-15(14)12-19/h1-2,5-6H,3-4,7-13H2. The van der Waals surface area contributed by atoms with Crippen LogP contribution in [-0.4, -0.2) is 34.8 Å². The van der Waals surface area contributed by atoms with Crippen molar-refractivity contribution < 1.29 is 9.59 Å². The van der Waals surface area contributed by atoms with Crippen molar-refractivity contribution in [1.82, 2.24) is 9.80 Å². The summed E-state index contributed by atoms with van der Waals surface area (Å²) < 4.78 is 0. The summed E-state index contributed by atoms with van der Waals surface area (Å²) in [6.45, 7) is 2.22. The molecule has 2 heterocycles. The van der Waals surface area contributed by atoms with E-state index in [4.69, 9.17) is 0 Å². The Labute approximate surface area is 131 Å². The van der Waals surface area contributed by atoms with Gasteiger partial charge in [0, 0.05) is 19.5 Å². The molecule has 3 aliphatic rings. The van der Waals surface area contributed by atoms with Crippen LogP contribution >= 0.6 is 0 Å². The summed E-state index contributed by atoms with van der Waals surface area (Å²) in [6.07, 6.45) is 5.41. The van der Waals surface area contributed by atoms with Gasteiger partial charge >= 0.3 is 0 Å². The van der Waals surface area contributed by atoms with Gasteiger partial charge in [0.2, 0.25) is 11.8 Å². The zero-order chi connectivity index (χ0) is 15.2. The van der Waals surface area contributed by atoms with Crippen LogP contribution in [0.4, 0.5) is 0 Å². The van der Waals surface area contributed by atoms with Crippen LogP contribution in [0.25, 0.3) is 0 Å². The molecule has 2 fully saturated rings. The predicted molar refractivity (Wildman–Crippen MR) is 82.8 cm³/mol. The van der Waals surface area contributed by atoms with Crippen LogP contribution in [0.3, 0.4) is 0 Å². The smallest absolute Gasteiger partial charge is 0.237 e. The molecule has 4 nitrogen and oxygen atoms in total. The molecule has 0 radical (unpaired) electrons. The van der Waals surface area contributed by atoms with E-state index in [-0.39, 0.29) is 17.2 Å². The van der Waals surface area contributed by atoms with Crippen molar-refractivity contribution in [3.8, 4) is 0 Å². The fourth-order valence-corrected chi connectivity index (χ4v) is 4.32. The third kappa shape index (κ3) is 2.17. The highest BCUT2D eigenvalue weighted by atomic mass is 16.2. The highest BCUT2D eigenvalue weighted by molar-refractivity contribution is 6.06. The van der Waals surface area contributed by atoms with Gasteiger partial charge in [-0.05, 0) is 30.4 Å². The van der Waals surface area contributed by atoms with Crippen molar-refractivity contribution in [2.75, 3.05) is 13.2 Å². The number of hydrogen-bond acceptors (Lipinski definition) is 3. The number of carbonyl (C=O) groups is 2. The van der Waals surface area contributed by atoms with Crippen LogP contribution in [0.1, 0.15) is 43.2 Å². The minimum atomic E-state index is -0.342. The summed E-state index contributed by atoms with van der Waals surface area (Å²) in [7, 11) is 0. The van der Waals surface area contributed by atoms with E-state index in [1.807, 2.05) is 0 Å². The Bertz CT molecular complexity index is 619. The molecule has 116 valence electrons. The first kappa shape index (κ1) is 13.9. The van der Waals surface area contributed by atoms with E-state index in [0.29, 0.717) is 13.1 Å². The van der Waals surface area contributed by atoms with Gasteiger partial charge in [-0.1, -0.05) is 37.1 Å². The molecule has 22 heavy (non-hydrogen) atoms. The lowest BCUT2D eigenvalue weighted by Crippen LogP contribution is -2.44. The summed E-state index contributed by atoms with van der Waals surface area (Å²) >= 11 is 0. The maximum atomic E-state index is 12.7. The van der Waals surface area contributed by atoms with E-state index in [2.05, 4.69) is 29.2 Å². The predicted octanol–water partition coefficient (Wildman–Crippen LogP) is 2.32. The molecule has 4 rings (SSSR count). The Morgan fingerprint density at radius 3 is 2.55 bits per heavy atom. The molecule has 0 bridgehead atoms. The van der Waals surface area contributed by atoms with Crippen LogP contribution in [0, 0.1) is 5.41 Å². The number of imide groups is 1. The van der Waals surface area contributed by atoms with Crippen LogP contribution in [-0.2, 0) is 22.6 Å².